The molecule has 0 bridgehead atoms. The highest BCUT2D eigenvalue weighted by Crippen LogP contribution is 2.32. The number of nitrogens with one attached hydrogen (secondary N) is 2. The second-order valence-corrected chi connectivity index (χ2v) is 4.23. The van der Waals surface area contributed by atoms with Crippen molar-refractivity contribution in [3.05, 3.63) is 0 Å². The van der Waals surface area contributed by atoms with E-state index in [4.69, 9.17) is 9.84 Å². The van der Waals surface area contributed by atoms with Gasteiger partial charge in [-0.3, -0.25) is 4.79 Å². The zero-order valence-corrected chi connectivity index (χ0v) is 8.94. The molecule has 1 amide bonds. The largest absolute Gasteiger partial charge is 0.480 e. The molecule has 16 heavy (non-hydrogen) atoms. The van der Waals surface area contributed by atoms with Gasteiger partial charge in [0, 0.05) is 13.1 Å². The van der Waals surface area contributed by atoms with Gasteiger partial charge in [0.15, 0.2) is 0 Å². The van der Waals surface area contributed by atoms with Crippen molar-refractivity contribution >= 4 is 11.9 Å². The molecule has 3 N–H and O–H groups in total. The van der Waals surface area contributed by atoms with Crippen LogP contribution in [0.15, 0.2) is 0 Å². The van der Waals surface area contributed by atoms with E-state index in [2.05, 4.69) is 10.6 Å². The van der Waals surface area contributed by atoms with Gasteiger partial charge in [-0.1, -0.05) is 0 Å². The Balaban J connectivity index is 1.86. The Bertz CT molecular complexity index is 285. The van der Waals surface area contributed by atoms with E-state index in [9.17, 15) is 9.59 Å². The zero-order valence-electron chi connectivity index (χ0n) is 8.94. The Kier molecular flexibility index (Phi) is 3.40. The van der Waals surface area contributed by atoms with Crippen LogP contribution in [-0.2, 0) is 14.3 Å². The minimum Gasteiger partial charge on any atom is -0.480 e. The minimum absolute atomic E-state index is 0.0954. The van der Waals surface area contributed by atoms with E-state index in [1.165, 1.54) is 0 Å². The lowest BCUT2D eigenvalue weighted by molar-refractivity contribution is -0.145. The smallest absolute Gasteiger partial charge is 0.326 e. The number of hydrogen-bond donors (Lipinski definition) is 3. The van der Waals surface area contributed by atoms with Crippen LogP contribution in [0, 0.1) is 5.92 Å². The standard InChI is InChI=1S/C10H16N2O4/c13-9(7-5-11-3-4-16-7)12-8(10(14)15)6-1-2-6/h6-8,11H,1-5H2,(H,12,13)(H,14,15). The van der Waals surface area contributed by atoms with Gasteiger partial charge in [-0.25, -0.2) is 4.79 Å². The molecule has 2 atom stereocenters. The Labute approximate surface area is 93.3 Å². The average Bonchev–Trinajstić information content (AvgIpc) is 3.10. The van der Waals surface area contributed by atoms with Crippen molar-refractivity contribution in [3.63, 3.8) is 0 Å². The lowest BCUT2D eigenvalue weighted by atomic mass is 10.1. The molecule has 1 saturated carbocycles. The molecule has 0 aromatic carbocycles. The molecule has 90 valence electrons. The molecule has 2 aliphatic rings. The monoisotopic (exact) mass is 228 g/mol. The summed E-state index contributed by atoms with van der Waals surface area (Å²) in [5.41, 5.74) is 0. The number of ether oxygens (including phenoxy) is 1. The Hall–Kier alpha value is -1.14. The first-order valence-corrected chi connectivity index (χ1v) is 5.54. The summed E-state index contributed by atoms with van der Waals surface area (Å²) >= 11 is 0. The van der Waals surface area contributed by atoms with Crippen molar-refractivity contribution < 1.29 is 19.4 Å². The van der Waals surface area contributed by atoms with Crippen LogP contribution in [0.1, 0.15) is 12.8 Å². The summed E-state index contributed by atoms with van der Waals surface area (Å²) in [4.78, 5) is 22.6. The third-order valence-corrected chi connectivity index (χ3v) is 2.88. The van der Waals surface area contributed by atoms with E-state index >= 15 is 0 Å². The Morgan fingerprint density at radius 3 is 2.69 bits per heavy atom. The third-order valence-electron chi connectivity index (χ3n) is 2.88. The normalized spacial score (nSPS) is 27.1. The van der Waals surface area contributed by atoms with Crippen molar-refractivity contribution in [1.82, 2.24) is 10.6 Å². The number of rotatable bonds is 4. The van der Waals surface area contributed by atoms with Crippen molar-refractivity contribution in [1.29, 1.82) is 0 Å². The predicted molar refractivity (Wildman–Crippen MR) is 54.9 cm³/mol. The molecule has 6 nitrogen and oxygen atoms in total. The highest BCUT2D eigenvalue weighted by atomic mass is 16.5. The number of hydrogen-bond acceptors (Lipinski definition) is 4. The van der Waals surface area contributed by atoms with E-state index in [1.54, 1.807) is 0 Å². The van der Waals surface area contributed by atoms with Crippen LogP contribution in [0.25, 0.3) is 0 Å². The molecule has 1 saturated heterocycles. The predicted octanol–water partition coefficient (Wildman–Crippen LogP) is -1.05. The van der Waals surface area contributed by atoms with Gasteiger partial charge in [0.05, 0.1) is 6.61 Å². The van der Waals surface area contributed by atoms with Gasteiger partial charge in [0.25, 0.3) is 5.91 Å². The van der Waals surface area contributed by atoms with Gasteiger partial charge in [-0.2, -0.15) is 0 Å². The number of carboxylic acid groups (broad SMARTS) is 1. The van der Waals surface area contributed by atoms with E-state index < -0.39 is 18.1 Å². The molecule has 0 radical (unpaired) electrons. The number of carboxylic acids is 1. The van der Waals surface area contributed by atoms with Crippen molar-refractivity contribution in [2.24, 2.45) is 5.92 Å². The number of aliphatic carboxylic acids is 1. The SMILES string of the molecule is O=C(NC(C(=O)O)C1CC1)C1CNCCO1. The molecule has 1 aliphatic carbocycles. The maximum atomic E-state index is 11.7. The maximum Gasteiger partial charge on any atom is 0.326 e. The molecule has 0 aromatic heterocycles. The van der Waals surface area contributed by atoms with Crippen LogP contribution < -0.4 is 10.6 Å². The van der Waals surface area contributed by atoms with Gasteiger partial charge >= 0.3 is 5.97 Å². The van der Waals surface area contributed by atoms with Crippen LogP contribution in [0.5, 0.6) is 0 Å². The molecule has 0 spiro atoms. The Morgan fingerprint density at radius 1 is 1.44 bits per heavy atom. The maximum absolute atomic E-state index is 11.7. The molecule has 1 heterocycles. The fourth-order valence-corrected chi connectivity index (χ4v) is 1.79. The molecule has 2 rings (SSSR count). The first-order chi connectivity index (χ1) is 7.68. The second kappa shape index (κ2) is 4.80. The molecule has 1 aliphatic heterocycles. The summed E-state index contributed by atoms with van der Waals surface area (Å²) in [5, 5.41) is 14.5. The van der Waals surface area contributed by atoms with E-state index in [-0.39, 0.29) is 11.8 Å². The first kappa shape index (κ1) is 11.3. The quantitative estimate of drug-likeness (QED) is 0.571. The van der Waals surface area contributed by atoms with Gasteiger partial charge in [0.2, 0.25) is 0 Å². The minimum atomic E-state index is -0.959. The molecule has 0 aromatic rings. The molecule has 2 fully saturated rings. The van der Waals surface area contributed by atoms with E-state index in [0.717, 1.165) is 19.4 Å². The van der Waals surface area contributed by atoms with Crippen molar-refractivity contribution in [3.8, 4) is 0 Å². The summed E-state index contributed by atoms with van der Waals surface area (Å²) in [5.74, 6) is -1.19. The van der Waals surface area contributed by atoms with Crippen LogP contribution in [0.2, 0.25) is 0 Å². The summed E-state index contributed by atoms with van der Waals surface area (Å²) in [6.07, 6.45) is 1.19. The number of carbonyl (C=O) groups is 2. The second-order valence-electron chi connectivity index (χ2n) is 4.23. The molecular weight excluding hydrogens is 212 g/mol. The van der Waals surface area contributed by atoms with E-state index in [1.807, 2.05) is 0 Å². The number of carbonyl (C=O) groups excluding carboxylic acids is 1. The summed E-state index contributed by atoms with van der Waals surface area (Å²) in [6.45, 7) is 1.66. The van der Waals surface area contributed by atoms with Crippen LogP contribution in [0.3, 0.4) is 0 Å². The zero-order chi connectivity index (χ0) is 11.5. The van der Waals surface area contributed by atoms with Gasteiger partial charge < -0.3 is 20.5 Å². The highest BCUT2D eigenvalue weighted by Gasteiger charge is 2.38. The third kappa shape index (κ3) is 2.70. The highest BCUT2D eigenvalue weighted by molar-refractivity contribution is 5.86. The Morgan fingerprint density at radius 2 is 2.19 bits per heavy atom. The van der Waals surface area contributed by atoms with Gasteiger partial charge in [-0.05, 0) is 18.8 Å². The van der Waals surface area contributed by atoms with Crippen LogP contribution in [0.4, 0.5) is 0 Å². The first-order valence-electron chi connectivity index (χ1n) is 5.54. The van der Waals surface area contributed by atoms with Gasteiger partial charge in [-0.15, -0.1) is 0 Å². The number of morpholine rings is 1. The average molecular weight is 228 g/mol. The van der Waals surface area contributed by atoms with Crippen LogP contribution in [-0.4, -0.2) is 48.8 Å². The lowest BCUT2D eigenvalue weighted by Crippen LogP contribution is -2.52. The molecule has 6 heteroatoms. The van der Waals surface area contributed by atoms with Crippen LogP contribution >= 0.6 is 0 Å². The summed E-state index contributed by atoms with van der Waals surface area (Å²) in [6, 6.07) is -0.752. The van der Waals surface area contributed by atoms with Gasteiger partial charge in [0.1, 0.15) is 12.1 Å². The van der Waals surface area contributed by atoms with Crippen molar-refractivity contribution in [2.75, 3.05) is 19.7 Å². The van der Waals surface area contributed by atoms with E-state index in [0.29, 0.717) is 13.2 Å². The number of amides is 1. The fourth-order valence-electron chi connectivity index (χ4n) is 1.79. The van der Waals surface area contributed by atoms with Crippen molar-refractivity contribution in [2.45, 2.75) is 25.0 Å². The molecule has 2 unspecified atom stereocenters. The molecular formula is C10H16N2O4. The topological polar surface area (TPSA) is 87.7 Å². The lowest BCUT2D eigenvalue weighted by Gasteiger charge is -2.24. The fraction of sp³-hybridized carbons (Fsp3) is 0.800. The summed E-state index contributed by atoms with van der Waals surface area (Å²) in [7, 11) is 0. The summed E-state index contributed by atoms with van der Waals surface area (Å²) < 4.78 is 5.25.